The molecular weight excluding hydrogens is 166 g/mol. The number of aliphatic imine (C=N–C) groups is 1. The molecule has 0 aromatic carbocycles. The van der Waals surface area contributed by atoms with Crippen molar-refractivity contribution in [3.63, 3.8) is 0 Å². The van der Waals surface area contributed by atoms with Gasteiger partial charge in [0.2, 0.25) is 5.95 Å². The normalized spacial score (nSPS) is 20.2. The third kappa shape index (κ3) is 1.32. The summed E-state index contributed by atoms with van der Waals surface area (Å²) in [5, 5.41) is 3.19. The van der Waals surface area contributed by atoms with Crippen LogP contribution in [0.15, 0.2) is 11.2 Å². The fourth-order valence-corrected chi connectivity index (χ4v) is 1.17. The van der Waals surface area contributed by atoms with Gasteiger partial charge in [0.1, 0.15) is 5.69 Å². The third-order valence-corrected chi connectivity index (χ3v) is 2.06. The van der Waals surface area contributed by atoms with Gasteiger partial charge in [-0.25, -0.2) is 4.98 Å². The number of nitrogens with zero attached hydrogens (tertiary/aromatic N) is 3. The van der Waals surface area contributed by atoms with Gasteiger partial charge in [-0.05, 0) is 13.8 Å². The van der Waals surface area contributed by atoms with E-state index >= 15 is 0 Å². The highest BCUT2D eigenvalue weighted by atomic mass is 15.1. The average molecular weight is 177 g/mol. The first-order valence-corrected chi connectivity index (χ1v) is 4.11. The Hall–Kier alpha value is -1.65. The van der Waals surface area contributed by atoms with Crippen LogP contribution in [0.3, 0.4) is 0 Å². The molecule has 3 N–H and O–H groups in total. The highest BCUT2D eigenvalue weighted by Crippen LogP contribution is 2.26. The summed E-state index contributed by atoms with van der Waals surface area (Å²) < 4.78 is 0. The minimum absolute atomic E-state index is 0.210. The average Bonchev–Trinajstić information content (AvgIpc) is 2.08. The summed E-state index contributed by atoms with van der Waals surface area (Å²) in [6.07, 6.45) is 1.63. The van der Waals surface area contributed by atoms with Crippen LogP contribution in [0.1, 0.15) is 13.8 Å². The van der Waals surface area contributed by atoms with Gasteiger partial charge < -0.3 is 11.1 Å². The van der Waals surface area contributed by atoms with Crippen molar-refractivity contribution < 1.29 is 0 Å². The van der Waals surface area contributed by atoms with Crippen LogP contribution in [0.4, 0.5) is 17.5 Å². The van der Waals surface area contributed by atoms with Crippen molar-refractivity contribution in [2.45, 2.75) is 19.9 Å². The number of nitrogens with two attached hydrogens (primary N) is 1. The zero-order valence-electron chi connectivity index (χ0n) is 7.57. The Morgan fingerprint density at radius 1 is 1.54 bits per heavy atom. The van der Waals surface area contributed by atoms with Crippen molar-refractivity contribution in [3.05, 3.63) is 6.20 Å². The molecule has 0 aliphatic carbocycles. The zero-order chi connectivity index (χ0) is 9.42. The molecule has 5 heteroatoms. The number of nitrogens with one attached hydrogen (secondary N) is 1. The predicted octanol–water partition coefficient (Wildman–Crippen LogP) is 0.965. The van der Waals surface area contributed by atoms with E-state index in [1.807, 2.05) is 13.8 Å². The van der Waals surface area contributed by atoms with Crippen LogP contribution < -0.4 is 11.1 Å². The molecule has 1 atom stereocenters. The Bertz CT molecular complexity index is 371. The highest BCUT2D eigenvalue weighted by molar-refractivity contribution is 5.95. The molecule has 0 saturated carbocycles. The number of hydrogen-bond donors (Lipinski definition) is 2. The standard InChI is InChI=1S/C8H11N5/c1-4-5(2)12-7-6(11-4)3-10-8(9)13-7/h3,5H,1-2H3,(H3,9,10,12,13). The zero-order valence-corrected chi connectivity index (χ0v) is 7.57. The third-order valence-electron chi connectivity index (χ3n) is 2.06. The van der Waals surface area contributed by atoms with E-state index in [1.54, 1.807) is 6.20 Å². The summed E-state index contributed by atoms with van der Waals surface area (Å²) in [5.41, 5.74) is 7.23. The number of fused-ring (bicyclic) bond motifs is 1. The lowest BCUT2D eigenvalue weighted by Crippen LogP contribution is -2.27. The first-order valence-electron chi connectivity index (χ1n) is 4.11. The second-order valence-electron chi connectivity index (χ2n) is 3.08. The molecule has 2 heterocycles. The minimum Gasteiger partial charge on any atom is -0.368 e. The molecule has 1 aromatic rings. The van der Waals surface area contributed by atoms with Crippen LogP contribution in [0.25, 0.3) is 0 Å². The van der Waals surface area contributed by atoms with Crippen molar-refractivity contribution in [2.24, 2.45) is 4.99 Å². The van der Waals surface area contributed by atoms with Gasteiger partial charge in [-0.3, -0.25) is 4.99 Å². The van der Waals surface area contributed by atoms with Gasteiger partial charge in [0.05, 0.1) is 12.2 Å². The van der Waals surface area contributed by atoms with E-state index < -0.39 is 0 Å². The van der Waals surface area contributed by atoms with Crippen LogP contribution in [0.2, 0.25) is 0 Å². The van der Waals surface area contributed by atoms with E-state index in [0.29, 0.717) is 5.82 Å². The van der Waals surface area contributed by atoms with Crippen molar-refractivity contribution >= 4 is 23.2 Å². The van der Waals surface area contributed by atoms with E-state index in [1.165, 1.54) is 0 Å². The molecule has 13 heavy (non-hydrogen) atoms. The SMILES string of the molecule is CC1=Nc2cnc(N)nc2NC1C. The lowest BCUT2D eigenvalue weighted by atomic mass is 10.2. The van der Waals surface area contributed by atoms with E-state index in [4.69, 9.17) is 5.73 Å². The van der Waals surface area contributed by atoms with Crippen molar-refractivity contribution in [1.82, 2.24) is 9.97 Å². The van der Waals surface area contributed by atoms with Crippen molar-refractivity contribution in [2.75, 3.05) is 11.1 Å². The van der Waals surface area contributed by atoms with Gasteiger partial charge >= 0.3 is 0 Å². The number of hydrogen-bond acceptors (Lipinski definition) is 5. The van der Waals surface area contributed by atoms with Gasteiger partial charge in [0.25, 0.3) is 0 Å². The maximum Gasteiger partial charge on any atom is 0.222 e. The van der Waals surface area contributed by atoms with Gasteiger partial charge in [-0.1, -0.05) is 0 Å². The molecule has 0 saturated heterocycles. The largest absolute Gasteiger partial charge is 0.368 e. The van der Waals surface area contributed by atoms with Crippen molar-refractivity contribution in [1.29, 1.82) is 0 Å². The Kier molecular flexibility index (Phi) is 1.65. The molecule has 1 aliphatic heterocycles. The molecule has 1 unspecified atom stereocenters. The molecular formula is C8H11N5. The fraction of sp³-hybridized carbons (Fsp3) is 0.375. The topological polar surface area (TPSA) is 76.2 Å². The number of anilines is 2. The summed E-state index contributed by atoms with van der Waals surface area (Å²) >= 11 is 0. The fourth-order valence-electron chi connectivity index (χ4n) is 1.17. The van der Waals surface area contributed by atoms with Crippen LogP contribution in [-0.2, 0) is 0 Å². The molecule has 1 aromatic heterocycles. The summed E-state index contributed by atoms with van der Waals surface area (Å²) in [4.78, 5) is 12.3. The quantitative estimate of drug-likeness (QED) is 0.619. The summed E-state index contributed by atoms with van der Waals surface area (Å²) in [6, 6.07) is 0.210. The minimum atomic E-state index is 0.210. The first kappa shape index (κ1) is 7.97. The Morgan fingerprint density at radius 2 is 2.31 bits per heavy atom. The van der Waals surface area contributed by atoms with Crippen LogP contribution in [0, 0.1) is 0 Å². The molecule has 0 fully saturated rings. The van der Waals surface area contributed by atoms with E-state index in [-0.39, 0.29) is 12.0 Å². The molecule has 68 valence electrons. The summed E-state index contributed by atoms with van der Waals surface area (Å²) in [7, 11) is 0. The maximum atomic E-state index is 5.45. The first-order chi connectivity index (χ1) is 6.16. The van der Waals surface area contributed by atoms with Crippen LogP contribution in [-0.4, -0.2) is 21.7 Å². The smallest absolute Gasteiger partial charge is 0.222 e. The second-order valence-corrected chi connectivity index (χ2v) is 3.08. The van der Waals surface area contributed by atoms with Gasteiger partial charge in [-0.15, -0.1) is 0 Å². The van der Waals surface area contributed by atoms with E-state index in [0.717, 1.165) is 11.4 Å². The molecule has 2 rings (SSSR count). The monoisotopic (exact) mass is 177 g/mol. The Morgan fingerprint density at radius 3 is 3.08 bits per heavy atom. The highest BCUT2D eigenvalue weighted by Gasteiger charge is 2.16. The van der Waals surface area contributed by atoms with E-state index in [9.17, 15) is 0 Å². The Balaban J connectivity index is 2.50. The van der Waals surface area contributed by atoms with E-state index in [2.05, 4.69) is 20.3 Å². The maximum absolute atomic E-state index is 5.45. The predicted molar refractivity (Wildman–Crippen MR) is 52.3 cm³/mol. The Labute approximate surface area is 76.1 Å². The van der Waals surface area contributed by atoms with Crippen molar-refractivity contribution in [3.8, 4) is 0 Å². The van der Waals surface area contributed by atoms with Gasteiger partial charge in [0, 0.05) is 5.71 Å². The molecule has 0 radical (unpaired) electrons. The van der Waals surface area contributed by atoms with Crippen LogP contribution >= 0.6 is 0 Å². The lowest BCUT2D eigenvalue weighted by molar-refractivity contribution is 0.987. The number of rotatable bonds is 0. The molecule has 0 spiro atoms. The van der Waals surface area contributed by atoms with Crippen LogP contribution in [0.5, 0.6) is 0 Å². The molecule has 1 aliphatic rings. The summed E-state index contributed by atoms with van der Waals surface area (Å²) in [6.45, 7) is 4.00. The number of nitrogen functional groups attached to an aromatic ring is 1. The van der Waals surface area contributed by atoms with Gasteiger partial charge in [0.15, 0.2) is 5.82 Å². The lowest BCUT2D eigenvalue weighted by Gasteiger charge is -2.20. The van der Waals surface area contributed by atoms with Gasteiger partial charge in [-0.2, -0.15) is 4.98 Å². The molecule has 5 nitrogen and oxygen atoms in total. The molecule has 0 bridgehead atoms. The number of aromatic nitrogens is 2. The molecule has 0 amide bonds. The second kappa shape index (κ2) is 2.69. The summed E-state index contributed by atoms with van der Waals surface area (Å²) in [5.74, 6) is 0.985.